The van der Waals surface area contributed by atoms with Crippen molar-refractivity contribution in [3.05, 3.63) is 0 Å². The molecule has 0 spiro atoms. The Morgan fingerprint density at radius 2 is 0.793 bits per heavy atom. The molecule has 3 unspecified atom stereocenters. The summed E-state index contributed by atoms with van der Waals surface area (Å²) in [6, 6.07) is -1.47. The number of esters is 1. The van der Waals surface area contributed by atoms with Crippen molar-refractivity contribution in [1.29, 1.82) is 0 Å². The second-order valence-electron chi connectivity index (χ2n) is 17.0. The van der Waals surface area contributed by atoms with E-state index in [9.17, 15) is 19.0 Å². The molecule has 0 aromatic carbocycles. The number of phosphoric ester groups is 1. The topological polar surface area (TPSA) is 155 Å². The number of carboxylic acids is 1. The molecule has 0 saturated carbocycles. The highest BCUT2D eigenvalue weighted by molar-refractivity contribution is 7.47. The van der Waals surface area contributed by atoms with Gasteiger partial charge >= 0.3 is 19.8 Å². The Balaban J connectivity index is 4.04. The third kappa shape index (κ3) is 43.1. The number of ether oxygens (including phenoxy) is 2. The van der Waals surface area contributed by atoms with Crippen LogP contribution in [0.3, 0.4) is 0 Å². The third-order valence-electron chi connectivity index (χ3n) is 11.1. The molecule has 0 aliphatic carbocycles. The molecular weight excluding hydrogens is 753 g/mol. The van der Waals surface area contributed by atoms with E-state index in [0.29, 0.717) is 6.61 Å². The molecule has 4 N–H and O–H groups in total. The highest BCUT2D eigenvalue weighted by Crippen LogP contribution is 2.43. The quantitative estimate of drug-likeness (QED) is 0.0306. The van der Waals surface area contributed by atoms with E-state index in [4.69, 9.17) is 29.4 Å². The van der Waals surface area contributed by atoms with Crippen LogP contribution >= 0.6 is 7.82 Å². The zero-order valence-electron chi connectivity index (χ0n) is 37.9. The maximum atomic E-state index is 12.6. The molecule has 11 heteroatoms. The van der Waals surface area contributed by atoms with Crippen LogP contribution < -0.4 is 5.73 Å². The monoisotopic (exact) mass is 848 g/mol. The summed E-state index contributed by atoms with van der Waals surface area (Å²) < 4.78 is 33.4. The minimum atomic E-state index is -4.61. The fraction of sp³-hybridized carbons (Fsp3) is 0.957. The molecule has 0 aromatic heterocycles. The number of unbranched alkanes of at least 4 members (excludes halogenated alkanes) is 34. The maximum absolute atomic E-state index is 12.6. The molecule has 0 saturated heterocycles. The molecule has 0 amide bonds. The fourth-order valence-corrected chi connectivity index (χ4v) is 8.09. The summed E-state index contributed by atoms with van der Waals surface area (Å²) in [5.74, 6) is -1.76. The first kappa shape index (κ1) is 57.0. The molecule has 0 fully saturated rings. The van der Waals surface area contributed by atoms with Gasteiger partial charge < -0.3 is 25.2 Å². The number of aliphatic carboxylic acids is 1. The number of rotatable bonds is 48. The van der Waals surface area contributed by atoms with Gasteiger partial charge in [-0.2, -0.15) is 0 Å². The van der Waals surface area contributed by atoms with Gasteiger partial charge in [0, 0.05) is 13.0 Å². The average molecular weight is 848 g/mol. The van der Waals surface area contributed by atoms with Gasteiger partial charge in [-0.15, -0.1) is 0 Å². The Bertz CT molecular complexity index is 940. The van der Waals surface area contributed by atoms with Crippen LogP contribution in [0.25, 0.3) is 0 Å². The maximum Gasteiger partial charge on any atom is 0.472 e. The standard InChI is InChI=1S/C47H94NO9P/c1-3-5-7-9-11-13-15-17-18-19-20-21-22-23-24-25-26-28-30-32-34-36-38-40-54-41-44(42-55-58(52,53)56-43-45(48)47(50)51)57-46(49)39-37-35-33-31-29-27-16-14-12-10-8-6-4-2/h44-45H,3-43,48H2,1-2H3,(H,50,51)(H,52,53). The molecule has 3 atom stereocenters. The molecule has 58 heavy (non-hydrogen) atoms. The van der Waals surface area contributed by atoms with E-state index >= 15 is 0 Å². The third-order valence-corrected chi connectivity index (χ3v) is 12.1. The SMILES string of the molecule is CCCCCCCCCCCCCCCCCCCCCCCCCOCC(COP(=O)(O)OCC(N)C(=O)O)OC(=O)CCCCCCCCCCCCCCC. The van der Waals surface area contributed by atoms with Crippen molar-refractivity contribution in [1.82, 2.24) is 0 Å². The van der Waals surface area contributed by atoms with Crippen LogP contribution in [0.15, 0.2) is 0 Å². The van der Waals surface area contributed by atoms with Crippen molar-refractivity contribution in [2.75, 3.05) is 26.4 Å². The van der Waals surface area contributed by atoms with Crippen LogP contribution in [0.1, 0.15) is 251 Å². The molecule has 0 aliphatic heterocycles. The minimum absolute atomic E-state index is 0.0261. The lowest BCUT2D eigenvalue weighted by atomic mass is 10.0. The first-order valence-corrected chi connectivity index (χ1v) is 26.1. The summed E-state index contributed by atoms with van der Waals surface area (Å²) in [6.45, 7) is 3.94. The Morgan fingerprint density at radius 3 is 1.14 bits per heavy atom. The van der Waals surface area contributed by atoms with E-state index in [1.165, 1.54) is 193 Å². The summed E-state index contributed by atoms with van der Waals surface area (Å²) in [5.41, 5.74) is 5.36. The summed E-state index contributed by atoms with van der Waals surface area (Å²) in [4.78, 5) is 33.6. The Hall–Kier alpha value is -1.03. The van der Waals surface area contributed by atoms with Gasteiger partial charge in [0.05, 0.1) is 19.8 Å². The van der Waals surface area contributed by atoms with Crippen molar-refractivity contribution < 1.29 is 42.7 Å². The van der Waals surface area contributed by atoms with Crippen molar-refractivity contribution in [3.63, 3.8) is 0 Å². The Labute approximate surface area is 357 Å². The van der Waals surface area contributed by atoms with Crippen LogP contribution in [-0.2, 0) is 32.7 Å². The van der Waals surface area contributed by atoms with Crippen molar-refractivity contribution in [2.24, 2.45) is 5.73 Å². The average Bonchev–Trinajstić information content (AvgIpc) is 3.20. The van der Waals surface area contributed by atoms with Gasteiger partial charge in [0.15, 0.2) is 0 Å². The van der Waals surface area contributed by atoms with E-state index in [2.05, 4.69) is 13.8 Å². The van der Waals surface area contributed by atoms with Gasteiger partial charge in [-0.1, -0.05) is 232 Å². The second-order valence-corrected chi connectivity index (χ2v) is 18.4. The lowest BCUT2D eigenvalue weighted by Crippen LogP contribution is -2.34. The molecule has 10 nitrogen and oxygen atoms in total. The van der Waals surface area contributed by atoms with Gasteiger partial charge in [-0.25, -0.2) is 4.57 Å². The van der Waals surface area contributed by atoms with E-state index in [1.54, 1.807) is 0 Å². The molecular formula is C47H94NO9P. The van der Waals surface area contributed by atoms with Gasteiger partial charge in [0.2, 0.25) is 0 Å². The van der Waals surface area contributed by atoms with Gasteiger partial charge in [-0.3, -0.25) is 18.6 Å². The molecule has 0 bridgehead atoms. The van der Waals surface area contributed by atoms with E-state index in [1.807, 2.05) is 0 Å². The summed E-state index contributed by atoms with van der Waals surface area (Å²) in [7, 11) is -4.61. The number of hydrogen-bond donors (Lipinski definition) is 3. The molecule has 0 aliphatic rings. The van der Waals surface area contributed by atoms with Crippen LogP contribution in [-0.4, -0.2) is 60.5 Å². The predicted octanol–water partition coefficient (Wildman–Crippen LogP) is 13.9. The van der Waals surface area contributed by atoms with Crippen LogP contribution in [0.2, 0.25) is 0 Å². The predicted molar refractivity (Wildman–Crippen MR) is 240 cm³/mol. The smallest absolute Gasteiger partial charge is 0.472 e. The molecule has 0 heterocycles. The van der Waals surface area contributed by atoms with E-state index in [-0.39, 0.29) is 13.0 Å². The van der Waals surface area contributed by atoms with Crippen molar-refractivity contribution in [2.45, 2.75) is 264 Å². The summed E-state index contributed by atoms with van der Waals surface area (Å²) in [6.07, 6.45) is 45.9. The summed E-state index contributed by atoms with van der Waals surface area (Å²) >= 11 is 0. The number of carbonyl (C=O) groups is 2. The second kappa shape index (κ2) is 44.0. The molecule has 0 rings (SSSR count). The fourth-order valence-electron chi connectivity index (χ4n) is 7.31. The Kier molecular flexibility index (Phi) is 43.3. The molecule has 0 aromatic rings. The zero-order valence-corrected chi connectivity index (χ0v) is 38.8. The van der Waals surface area contributed by atoms with Crippen LogP contribution in [0, 0.1) is 0 Å². The normalized spacial score (nSPS) is 13.7. The summed E-state index contributed by atoms with van der Waals surface area (Å²) in [5, 5.41) is 8.91. The lowest BCUT2D eigenvalue weighted by molar-refractivity contribution is -0.154. The van der Waals surface area contributed by atoms with Gasteiger partial charge in [0.25, 0.3) is 0 Å². The minimum Gasteiger partial charge on any atom is -0.480 e. The number of phosphoric acid groups is 1. The van der Waals surface area contributed by atoms with Gasteiger partial charge in [0.1, 0.15) is 12.1 Å². The van der Waals surface area contributed by atoms with Crippen molar-refractivity contribution in [3.8, 4) is 0 Å². The first-order chi connectivity index (χ1) is 28.2. The Morgan fingerprint density at radius 1 is 0.483 bits per heavy atom. The van der Waals surface area contributed by atoms with Crippen LogP contribution in [0.4, 0.5) is 0 Å². The number of carboxylic acid groups (broad SMARTS) is 1. The largest absolute Gasteiger partial charge is 0.480 e. The van der Waals surface area contributed by atoms with Crippen molar-refractivity contribution >= 4 is 19.8 Å². The number of carbonyl (C=O) groups excluding carboxylic acids is 1. The lowest BCUT2D eigenvalue weighted by Gasteiger charge is -2.20. The number of nitrogens with two attached hydrogens (primary N) is 1. The highest BCUT2D eigenvalue weighted by atomic mass is 31.2. The first-order valence-electron chi connectivity index (χ1n) is 24.6. The van der Waals surface area contributed by atoms with E-state index in [0.717, 1.165) is 38.5 Å². The number of hydrogen-bond acceptors (Lipinski definition) is 8. The molecule has 0 radical (unpaired) electrons. The zero-order chi connectivity index (χ0) is 42.6. The molecule has 346 valence electrons. The van der Waals surface area contributed by atoms with Crippen LogP contribution in [0.5, 0.6) is 0 Å². The van der Waals surface area contributed by atoms with Gasteiger partial charge in [-0.05, 0) is 12.8 Å². The highest BCUT2D eigenvalue weighted by Gasteiger charge is 2.27. The van der Waals surface area contributed by atoms with E-state index < -0.39 is 45.1 Å².